The van der Waals surface area contributed by atoms with Crippen molar-refractivity contribution >= 4 is 17.5 Å². The summed E-state index contributed by atoms with van der Waals surface area (Å²) in [5.41, 5.74) is 1.83. The van der Waals surface area contributed by atoms with E-state index in [-0.39, 0.29) is 36.6 Å². The Labute approximate surface area is 156 Å². The van der Waals surface area contributed by atoms with Gasteiger partial charge in [0.25, 0.3) is 0 Å². The number of carbonyl (C=O) groups excluding carboxylic acids is 3. The van der Waals surface area contributed by atoms with Crippen LogP contribution in [0, 0.1) is 5.92 Å². The minimum Gasteiger partial charge on any atom is -0.466 e. The summed E-state index contributed by atoms with van der Waals surface area (Å²) in [7, 11) is 0. The van der Waals surface area contributed by atoms with Crippen LogP contribution < -0.4 is 0 Å². The summed E-state index contributed by atoms with van der Waals surface area (Å²) in [5, 5.41) is 10.1. The summed E-state index contributed by atoms with van der Waals surface area (Å²) in [5.74, 6) is -0.614. The number of aliphatic hydroxyl groups is 1. The maximum atomic E-state index is 12.1. The van der Waals surface area contributed by atoms with E-state index in [0.717, 1.165) is 36.8 Å². The molecule has 0 bridgehead atoms. The van der Waals surface area contributed by atoms with Crippen molar-refractivity contribution in [2.45, 2.75) is 78.2 Å². The van der Waals surface area contributed by atoms with Gasteiger partial charge in [0.1, 0.15) is 6.42 Å². The maximum Gasteiger partial charge on any atom is 0.313 e. The van der Waals surface area contributed by atoms with Gasteiger partial charge < -0.3 is 9.84 Å². The van der Waals surface area contributed by atoms with Crippen LogP contribution in [0.1, 0.15) is 72.1 Å². The van der Waals surface area contributed by atoms with Gasteiger partial charge in [0, 0.05) is 12.3 Å². The summed E-state index contributed by atoms with van der Waals surface area (Å²) in [6.45, 7) is 5.72. The second-order valence-electron chi connectivity index (χ2n) is 7.11. The highest BCUT2D eigenvalue weighted by Crippen LogP contribution is 2.30. The minimum atomic E-state index is -0.512. The Bertz CT molecular complexity index is 559. The summed E-state index contributed by atoms with van der Waals surface area (Å²) in [4.78, 5) is 35.1. The molecular weight excluding hydrogens is 332 g/mol. The minimum absolute atomic E-state index is 0.0610. The van der Waals surface area contributed by atoms with Gasteiger partial charge in [0.15, 0.2) is 11.6 Å². The first-order valence-corrected chi connectivity index (χ1v) is 9.58. The van der Waals surface area contributed by atoms with Crippen LogP contribution in [0.15, 0.2) is 23.3 Å². The zero-order chi connectivity index (χ0) is 19.5. The van der Waals surface area contributed by atoms with Gasteiger partial charge in [-0.2, -0.15) is 0 Å². The van der Waals surface area contributed by atoms with Crippen molar-refractivity contribution in [1.82, 2.24) is 0 Å². The number of rotatable bonds is 10. The number of ether oxygens (including phenoxy) is 1. The Morgan fingerprint density at radius 1 is 1.04 bits per heavy atom. The molecule has 0 aromatic rings. The normalized spacial score (nSPS) is 21.4. The molecular formula is C21H32O5. The molecule has 1 aliphatic rings. The first kappa shape index (κ1) is 22.3. The van der Waals surface area contributed by atoms with Crippen LogP contribution in [-0.2, 0) is 19.1 Å². The third kappa shape index (κ3) is 8.56. The van der Waals surface area contributed by atoms with Crippen LogP contribution in [0.3, 0.4) is 0 Å². The number of hydrogen-bond acceptors (Lipinski definition) is 5. The van der Waals surface area contributed by atoms with E-state index < -0.39 is 5.97 Å². The summed E-state index contributed by atoms with van der Waals surface area (Å²) >= 11 is 0. The lowest BCUT2D eigenvalue weighted by Gasteiger charge is -2.28. The average Bonchev–Trinajstić information content (AvgIpc) is 2.54. The predicted octanol–water partition coefficient (Wildman–Crippen LogP) is 3.69. The largest absolute Gasteiger partial charge is 0.466 e. The molecule has 1 N–H and O–H groups in total. The highest BCUT2D eigenvalue weighted by atomic mass is 16.5. The van der Waals surface area contributed by atoms with Gasteiger partial charge >= 0.3 is 5.97 Å². The van der Waals surface area contributed by atoms with Crippen molar-refractivity contribution in [3.63, 3.8) is 0 Å². The van der Waals surface area contributed by atoms with E-state index in [1.165, 1.54) is 6.08 Å². The first-order chi connectivity index (χ1) is 12.3. The molecule has 0 amide bonds. The molecule has 1 saturated carbocycles. The van der Waals surface area contributed by atoms with Crippen molar-refractivity contribution in [1.29, 1.82) is 0 Å². The average molecular weight is 364 g/mol. The van der Waals surface area contributed by atoms with Crippen molar-refractivity contribution in [3.8, 4) is 0 Å². The van der Waals surface area contributed by atoms with Gasteiger partial charge in [-0.25, -0.2) is 0 Å². The fourth-order valence-corrected chi connectivity index (χ4v) is 3.37. The Hall–Kier alpha value is -1.75. The van der Waals surface area contributed by atoms with Crippen LogP contribution in [0.2, 0.25) is 0 Å². The highest BCUT2D eigenvalue weighted by Gasteiger charge is 2.24. The van der Waals surface area contributed by atoms with E-state index in [9.17, 15) is 19.5 Å². The molecule has 0 saturated heterocycles. The van der Waals surface area contributed by atoms with Gasteiger partial charge in [-0.05, 0) is 58.6 Å². The molecule has 26 heavy (non-hydrogen) atoms. The standard InChI is InChI=1S/C21H32O5/c1-4-26-21(25)14-18(23)12-15(2)8-7-9-17(22)13-16(3)19-10-5-6-11-20(19)24/h12-13,19-20,24H,4-11,14H2,1-3H3/b15-12+,16-13+/t19-,20+/m1/s1. The predicted molar refractivity (Wildman–Crippen MR) is 101 cm³/mol. The van der Waals surface area contributed by atoms with Crippen molar-refractivity contribution in [2.24, 2.45) is 5.92 Å². The molecule has 1 rings (SSSR count). The summed E-state index contributed by atoms with van der Waals surface area (Å²) < 4.78 is 4.74. The third-order valence-corrected chi connectivity index (χ3v) is 4.73. The Balaban J connectivity index is 2.38. The molecule has 2 atom stereocenters. The van der Waals surface area contributed by atoms with Crippen molar-refractivity contribution in [3.05, 3.63) is 23.3 Å². The second-order valence-corrected chi connectivity index (χ2v) is 7.11. The molecule has 0 unspecified atom stereocenters. The van der Waals surface area contributed by atoms with E-state index in [4.69, 9.17) is 4.74 Å². The smallest absolute Gasteiger partial charge is 0.313 e. The van der Waals surface area contributed by atoms with E-state index in [1.807, 2.05) is 13.8 Å². The van der Waals surface area contributed by atoms with Gasteiger partial charge in [0.05, 0.1) is 12.7 Å². The Morgan fingerprint density at radius 2 is 1.73 bits per heavy atom. The molecule has 0 radical (unpaired) electrons. The Morgan fingerprint density at radius 3 is 2.38 bits per heavy atom. The molecule has 5 nitrogen and oxygen atoms in total. The number of aliphatic hydroxyl groups excluding tert-OH is 1. The SMILES string of the molecule is CCOC(=O)CC(=O)/C=C(\C)CCCC(=O)/C=C(\C)[C@H]1CCCC[C@@H]1O. The number of hydrogen-bond donors (Lipinski definition) is 1. The summed E-state index contributed by atoms with van der Waals surface area (Å²) in [6, 6.07) is 0. The maximum absolute atomic E-state index is 12.1. The van der Waals surface area contributed by atoms with Crippen LogP contribution in [0.5, 0.6) is 0 Å². The zero-order valence-corrected chi connectivity index (χ0v) is 16.3. The van der Waals surface area contributed by atoms with E-state index in [1.54, 1.807) is 13.0 Å². The Kier molecular flexibility index (Phi) is 10.1. The van der Waals surface area contributed by atoms with Gasteiger partial charge in [0.2, 0.25) is 0 Å². The van der Waals surface area contributed by atoms with Crippen molar-refractivity contribution < 1.29 is 24.2 Å². The van der Waals surface area contributed by atoms with Crippen LogP contribution in [0.4, 0.5) is 0 Å². The topological polar surface area (TPSA) is 80.7 Å². The molecule has 5 heteroatoms. The van der Waals surface area contributed by atoms with Gasteiger partial charge in [-0.15, -0.1) is 0 Å². The molecule has 0 spiro atoms. The van der Waals surface area contributed by atoms with Gasteiger partial charge in [-0.3, -0.25) is 14.4 Å². The number of esters is 1. The second kappa shape index (κ2) is 11.8. The molecule has 0 aromatic heterocycles. The fraction of sp³-hybridized carbons (Fsp3) is 0.667. The van der Waals surface area contributed by atoms with Crippen LogP contribution in [0.25, 0.3) is 0 Å². The van der Waals surface area contributed by atoms with E-state index >= 15 is 0 Å². The quantitative estimate of drug-likeness (QED) is 0.363. The number of ketones is 2. The molecule has 1 aliphatic carbocycles. The van der Waals surface area contributed by atoms with E-state index in [0.29, 0.717) is 19.3 Å². The molecule has 146 valence electrons. The number of allylic oxidation sites excluding steroid dienone is 3. The molecule has 0 heterocycles. The highest BCUT2D eigenvalue weighted by molar-refractivity contribution is 6.02. The summed E-state index contributed by atoms with van der Waals surface area (Å²) in [6.07, 6.45) is 8.19. The third-order valence-electron chi connectivity index (χ3n) is 4.73. The first-order valence-electron chi connectivity index (χ1n) is 9.58. The fourth-order valence-electron chi connectivity index (χ4n) is 3.37. The zero-order valence-electron chi connectivity index (χ0n) is 16.3. The number of carbonyl (C=O) groups is 3. The van der Waals surface area contributed by atoms with Gasteiger partial charge in [-0.1, -0.05) is 24.0 Å². The molecule has 1 fully saturated rings. The van der Waals surface area contributed by atoms with Crippen molar-refractivity contribution in [2.75, 3.05) is 6.61 Å². The molecule has 0 aliphatic heterocycles. The lowest BCUT2D eigenvalue weighted by Crippen LogP contribution is -2.25. The van der Waals surface area contributed by atoms with Crippen LogP contribution >= 0.6 is 0 Å². The monoisotopic (exact) mass is 364 g/mol. The van der Waals surface area contributed by atoms with Crippen LogP contribution in [-0.4, -0.2) is 35.4 Å². The molecule has 0 aromatic carbocycles. The lowest BCUT2D eigenvalue weighted by molar-refractivity contribution is -0.144. The van der Waals surface area contributed by atoms with E-state index in [2.05, 4.69) is 0 Å². The lowest BCUT2D eigenvalue weighted by atomic mass is 9.81.